The summed E-state index contributed by atoms with van der Waals surface area (Å²) < 4.78 is 5.20. The van der Waals surface area contributed by atoms with Gasteiger partial charge in [-0.25, -0.2) is 4.79 Å². The van der Waals surface area contributed by atoms with Crippen molar-refractivity contribution in [3.05, 3.63) is 77.9 Å². The molecule has 0 saturated heterocycles. The molecule has 3 amide bonds. The molecule has 8 nitrogen and oxygen atoms in total. The third-order valence-corrected chi connectivity index (χ3v) is 5.55. The van der Waals surface area contributed by atoms with Gasteiger partial charge in [0.2, 0.25) is 0 Å². The number of benzene rings is 3. The fourth-order valence-corrected chi connectivity index (χ4v) is 3.84. The summed E-state index contributed by atoms with van der Waals surface area (Å²) in [6.07, 6.45) is 4.84. The quantitative estimate of drug-likeness (QED) is 0.333. The van der Waals surface area contributed by atoms with Crippen LogP contribution in [0, 0.1) is 19.4 Å². The first kappa shape index (κ1) is 27.2. The molecule has 37 heavy (non-hydrogen) atoms. The highest BCUT2D eigenvalue weighted by Gasteiger charge is 2.36. The number of carbonyl (C=O) groups excluding carboxylic acids is 3. The Balaban J connectivity index is 1.94. The Hall–Kier alpha value is -4.35. The van der Waals surface area contributed by atoms with E-state index in [1.165, 1.54) is 0 Å². The summed E-state index contributed by atoms with van der Waals surface area (Å²) in [6, 6.07) is 19.8. The molecule has 0 aliphatic rings. The van der Waals surface area contributed by atoms with Crippen molar-refractivity contribution in [3.63, 3.8) is 0 Å². The third kappa shape index (κ3) is 6.87. The predicted molar refractivity (Wildman–Crippen MR) is 142 cm³/mol. The number of hydrogen-bond donors (Lipinski definition) is 3. The van der Waals surface area contributed by atoms with E-state index in [4.69, 9.17) is 11.2 Å². The summed E-state index contributed by atoms with van der Waals surface area (Å²) in [5.74, 6) is -1.39. The van der Waals surface area contributed by atoms with Gasteiger partial charge in [0, 0.05) is 11.7 Å². The molecule has 0 bridgehead atoms. The largest absolute Gasteiger partial charge is 0.444 e. The van der Waals surface area contributed by atoms with Crippen LogP contribution in [0.15, 0.2) is 66.7 Å². The normalized spacial score (nSPS) is 12.6. The second-order valence-electron chi connectivity index (χ2n) is 9.53. The zero-order valence-electron chi connectivity index (χ0n) is 21.3. The van der Waals surface area contributed by atoms with Crippen LogP contribution in [0.5, 0.6) is 0 Å². The molecule has 0 radical (unpaired) electrons. The van der Waals surface area contributed by atoms with E-state index in [0.717, 1.165) is 21.2 Å². The highest BCUT2D eigenvalue weighted by atomic mass is 16.6. The maximum absolute atomic E-state index is 13.7. The number of amides is 3. The van der Waals surface area contributed by atoms with Gasteiger partial charge in [0.15, 0.2) is 0 Å². The first-order valence-corrected chi connectivity index (χ1v) is 11.8. The topological polar surface area (TPSA) is 108 Å². The lowest BCUT2D eigenvalue weighted by Gasteiger charge is -2.30. The SMILES string of the molecule is C#CN(C(=O)C(CO)NC(=O)OC(C)(C)C)C(C(=O)Nc1ccc2ccccc2c1)c1ccccc1C. The second kappa shape index (κ2) is 11.6. The molecular formula is C29H31N3O5. The van der Waals surface area contributed by atoms with Gasteiger partial charge in [-0.3, -0.25) is 14.5 Å². The van der Waals surface area contributed by atoms with E-state index in [1.54, 1.807) is 58.0 Å². The minimum atomic E-state index is -1.43. The molecule has 0 saturated carbocycles. The number of anilines is 1. The molecule has 0 heterocycles. The first-order valence-electron chi connectivity index (χ1n) is 11.8. The van der Waals surface area contributed by atoms with Crippen molar-refractivity contribution in [2.75, 3.05) is 11.9 Å². The van der Waals surface area contributed by atoms with E-state index in [0.29, 0.717) is 11.3 Å². The van der Waals surface area contributed by atoms with Gasteiger partial charge in [-0.2, -0.15) is 0 Å². The summed E-state index contributed by atoms with van der Waals surface area (Å²) in [6.45, 7) is 6.06. The molecule has 3 aromatic carbocycles. The van der Waals surface area contributed by atoms with Crippen molar-refractivity contribution in [1.29, 1.82) is 0 Å². The van der Waals surface area contributed by atoms with Crippen LogP contribution in [0.1, 0.15) is 37.9 Å². The first-order chi connectivity index (χ1) is 17.5. The summed E-state index contributed by atoms with van der Waals surface area (Å²) >= 11 is 0. The Kier molecular flexibility index (Phi) is 8.53. The van der Waals surface area contributed by atoms with Crippen LogP contribution in [-0.2, 0) is 14.3 Å². The average Bonchev–Trinajstić information content (AvgIpc) is 2.84. The van der Waals surface area contributed by atoms with E-state index >= 15 is 0 Å². The Labute approximate surface area is 216 Å². The Morgan fingerprint density at radius 2 is 1.68 bits per heavy atom. The highest BCUT2D eigenvalue weighted by Crippen LogP contribution is 2.27. The van der Waals surface area contributed by atoms with Crippen molar-refractivity contribution in [2.24, 2.45) is 0 Å². The van der Waals surface area contributed by atoms with Crippen molar-refractivity contribution in [3.8, 4) is 12.5 Å². The number of fused-ring (bicyclic) bond motifs is 1. The van der Waals surface area contributed by atoms with E-state index in [-0.39, 0.29) is 0 Å². The van der Waals surface area contributed by atoms with E-state index < -0.39 is 42.2 Å². The summed E-state index contributed by atoms with van der Waals surface area (Å²) in [7, 11) is 0. The summed E-state index contributed by atoms with van der Waals surface area (Å²) in [4.78, 5) is 40.2. The minimum absolute atomic E-state index is 0.501. The molecular weight excluding hydrogens is 470 g/mol. The van der Waals surface area contributed by atoms with Gasteiger partial charge in [0.25, 0.3) is 11.8 Å². The predicted octanol–water partition coefficient (Wildman–Crippen LogP) is 4.13. The number of rotatable bonds is 7. The minimum Gasteiger partial charge on any atom is -0.444 e. The average molecular weight is 502 g/mol. The molecule has 2 unspecified atom stereocenters. The van der Waals surface area contributed by atoms with Crippen LogP contribution in [0.25, 0.3) is 10.8 Å². The smallest absolute Gasteiger partial charge is 0.408 e. The number of aliphatic hydroxyl groups excluding tert-OH is 1. The van der Waals surface area contributed by atoms with Crippen LogP contribution in [0.2, 0.25) is 0 Å². The number of ether oxygens (including phenoxy) is 1. The molecule has 3 rings (SSSR count). The molecule has 2 atom stereocenters. The van der Waals surface area contributed by atoms with Crippen LogP contribution < -0.4 is 10.6 Å². The van der Waals surface area contributed by atoms with Crippen molar-refractivity contribution in [1.82, 2.24) is 10.2 Å². The van der Waals surface area contributed by atoms with E-state index in [9.17, 15) is 19.5 Å². The zero-order chi connectivity index (χ0) is 27.2. The van der Waals surface area contributed by atoms with Gasteiger partial charge in [-0.15, -0.1) is 0 Å². The number of alkyl carbamates (subject to hydrolysis) is 1. The van der Waals surface area contributed by atoms with Gasteiger partial charge < -0.3 is 20.5 Å². The number of hydrogen-bond acceptors (Lipinski definition) is 5. The maximum Gasteiger partial charge on any atom is 0.408 e. The third-order valence-electron chi connectivity index (χ3n) is 5.55. The molecule has 192 valence electrons. The van der Waals surface area contributed by atoms with Crippen LogP contribution in [-0.4, -0.2) is 46.2 Å². The van der Waals surface area contributed by atoms with Gasteiger partial charge >= 0.3 is 6.09 Å². The molecule has 0 aliphatic heterocycles. The fourth-order valence-electron chi connectivity index (χ4n) is 3.84. The van der Waals surface area contributed by atoms with Crippen molar-refractivity contribution >= 4 is 34.4 Å². The maximum atomic E-state index is 13.7. The molecule has 0 aliphatic carbocycles. The van der Waals surface area contributed by atoms with Gasteiger partial charge in [0.05, 0.1) is 6.61 Å². The number of aliphatic hydroxyl groups is 1. The van der Waals surface area contributed by atoms with Crippen molar-refractivity contribution < 1.29 is 24.2 Å². The van der Waals surface area contributed by atoms with Crippen LogP contribution in [0.3, 0.4) is 0 Å². The standard InChI is InChI=1S/C29H31N3O5/c1-6-32(27(35)24(18-33)31-28(36)37-29(3,4)5)25(23-14-10-7-11-19(23)2)26(34)30-22-16-15-20-12-8-9-13-21(20)17-22/h1,7-17,24-25,33H,18H2,2-5H3,(H,30,34)(H,31,36). The van der Waals surface area contributed by atoms with E-state index in [2.05, 4.69) is 16.7 Å². The Morgan fingerprint density at radius 3 is 2.30 bits per heavy atom. The van der Waals surface area contributed by atoms with Gasteiger partial charge in [0.1, 0.15) is 17.7 Å². The van der Waals surface area contributed by atoms with Gasteiger partial charge in [-0.05, 0) is 61.7 Å². The molecule has 8 heteroatoms. The number of nitrogens with zero attached hydrogens (tertiary/aromatic N) is 1. The molecule has 0 fully saturated rings. The monoisotopic (exact) mass is 501 g/mol. The zero-order valence-corrected chi connectivity index (χ0v) is 21.3. The molecule has 3 aromatic rings. The lowest BCUT2D eigenvalue weighted by molar-refractivity contribution is -0.137. The summed E-state index contributed by atoms with van der Waals surface area (Å²) in [5, 5.41) is 17.0. The van der Waals surface area contributed by atoms with Crippen LogP contribution >= 0.6 is 0 Å². The van der Waals surface area contributed by atoms with Gasteiger partial charge in [-0.1, -0.05) is 61.0 Å². The fraction of sp³-hybridized carbons (Fsp3) is 0.276. The molecule has 0 spiro atoms. The Morgan fingerprint density at radius 1 is 1.03 bits per heavy atom. The number of terminal acetylenes is 1. The highest BCUT2D eigenvalue weighted by molar-refractivity contribution is 6.01. The molecule has 0 aromatic heterocycles. The number of nitrogens with one attached hydrogen (secondary N) is 2. The number of carbonyl (C=O) groups is 3. The number of aryl methyl sites for hydroxylation is 1. The van der Waals surface area contributed by atoms with Crippen LogP contribution in [0.4, 0.5) is 10.5 Å². The van der Waals surface area contributed by atoms with E-state index in [1.807, 2.05) is 36.4 Å². The van der Waals surface area contributed by atoms with Crippen molar-refractivity contribution in [2.45, 2.75) is 45.4 Å². The second-order valence-corrected chi connectivity index (χ2v) is 9.53. The molecule has 3 N–H and O–H groups in total. The Bertz CT molecular complexity index is 1340. The summed E-state index contributed by atoms with van der Waals surface area (Å²) in [5.41, 5.74) is 0.940. The lowest BCUT2D eigenvalue weighted by Crippen LogP contribution is -2.52. The lowest BCUT2D eigenvalue weighted by atomic mass is 9.98.